The molecule has 1 unspecified atom stereocenters. The molecule has 1 N–H and O–H groups in total. The number of thioether (sulfide) groups is 1. The van der Waals surface area contributed by atoms with Crippen molar-refractivity contribution < 1.29 is 14.3 Å². The van der Waals surface area contributed by atoms with Crippen molar-refractivity contribution in [1.29, 1.82) is 0 Å². The summed E-state index contributed by atoms with van der Waals surface area (Å²) in [6.45, 7) is 2.31. The fourth-order valence-electron chi connectivity index (χ4n) is 3.13. The zero-order valence-corrected chi connectivity index (χ0v) is 18.8. The van der Waals surface area contributed by atoms with E-state index in [1.165, 1.54) is 11.8 Å². The van der Waals surface area contributed by atoms with Crippen LogP contribution in [0.1, 0.15) is 31.4 Å². The summed E-state index contributed by atoms with van der Waals surface area (Å²) in [6, 6.07) is 10.1. The van der Waals surface area contributed by atoms with Gasteiger partial charge in [-0.25, -0.2) is 0 Å². The van der Waals surface area contributed by atoms with Crippen LogP contribution >= 0.6 is 23.1 Å². The minimum atomic E-state index is -0.289. The van der Waals surface area contributed by atoms with Gasteiger partial charge in [0.2, 0.25) is 5.91 Å². The predicted molar refractivity (Wildman–Crippen MR) is 118 cm³/mol. The molecule has 158 valence electrons. The highest BCUT2D eigenvalue weighted by Crippen LogP contribution is 2.42. The number of nitrogens with zero attached hydrogens (tertiary/aromatic N) is 3. The molecule has 4 rings (SSSR count). The molecule has 0 radical (unpaired) electrons. The molecule has 1 fully saturated rings. The Kier molecular flexibility index (Phi) is 6.29. The zero-order chi connectivity index (χ0) is 21.1. The van der Waals surface area contributed by atoms with Crippen LogP contribution in [0.25, 0.3) is 10.7 Å². The molecule has 1 saturated carbocycles. The number of benzene rings is 1. The second kappa shape index (κ2) is 9.09. The predicted octanol–water partition coefficient (Wildman–Crippen LogP) is 4.16. The van der Waals surface area contributed by atoms with E-state index in [1.807, 2.05) is 36.6 Å². The minimum absolute atomic E-state index is 0.0437. The van der Waals surface area contributed by atoms with Gasteiger partial charge in [-0.05, 0) is 48.9 Å². The molecule has 2 aromatic heterocycles. The zero-order valence-electron chi connectivity index (χ0n) is 17.1. The maximum atomic E-state index is 12.7. The molecule has 30 heavy (non-hydrogen) atoms. The lowest BCUT2D eigenvalue weighted by Gasteiger charge is -2.14. The largest absolute Gasteiger partial charge is 0.493 e. The van der Waals surface area contributed by atoms with E-state index in [0.717, 1.165) is 34.3 Å². The monoisotopic (exact) mass is 444 g/mol. The lowest BCUT2D eigenvalue weighted by molar-refractivity contribution is -0.120. The maximum absolute atomic E-state index is 12.7. The van der Waals surface area contributed by atoms with Crippen LogP contribution in [0.4, 0.5) is 0 Å². The molecule has 2 heterocycles. The fourth-order valence-corrected chi connectivity index (χ4v) is 4.78. The van der Waals surface area contributed by atoms with Crippen molar-refractivity contribution in [3.05, 3.63) is 41.3 Å². The van der Waals surface area contributed by atoms with E-state index in [-0.39, 0.29) is 11.2 Å². The van der Waals surface area contributed by atoms with Gasteiger partial charge in [0.15, 0.2) is 22.5 Å². The summed E-state index contributed by atoms with van der Waals surface area (Å²) in [5.74, 6) is 2.16. The van der Waals surface area contributed by atoms with Crippen LogP contribution < -0.4 is 14.8 Å². The maximum Gasteiger partial charge on any atom is 0.233 e. The number of hydrogen-bond acceptors (Lipinski definition) is 7. The summed E-state index contributed by atoms with van der Waals surface area (Å²) in [7, 11) is 3.20. The number of methoxy groups -OCH3 is 2. The Morgan fingerprint density at radius 3 is 2.73 bits per heavy atom. The van der Waals surface area contributed by atoms with Gasteiger partial charge in [0.1, 0.15) is 0 Å². The van der Waals surface area contributed by atoms with Crippen molar-refractivity contribution in [2.24, 2.45) is 0 Å². The van der Waals surface area contributed by atoms with E-state index in [2.05, 4.69) is 26.1 Å². The summed E-state index contributed by atoms with van der Waals surface area (Å²) in [6.07, 6.45) is 2.26. The topological polar surface area (TPSA) is 78.3 Å². The summed E-state index contributed by atoms with van der Waals surface area (Å²) in [5, 5.41) is 14.3. The Morgan fingerprint density at radius 1 is 1.27 bits per heavy atom. The van der Waals surface area contributed by atoms with E-state index in [4.69, 9.17) is 9.47 Å². The average Bonchev–Trinajstić information content (AvgIpc) is 3.28. The molecule has 1 aromatic carbocycles. The molecule has 7 nitrogen and oxygen atoms in total. The molecule has 3 aromatic rings. The first kappa shape index (κ1) is 20.7. The molecule has 0 bridgehead atoms. The van der Waals surface area contributed by atoms with Gasteiger partial charge in [0.25, 0.3) is 0 Å². The Balaban J connectivity index is 1.41. The van der Waals surface area contributed by atoms with Crippen LogP contribution in [0, 0.1) is 0 Å². The molecule has 1 aliphatic carbocycles. The van der Waals surface area contributed by atoms with Crippen LogP contribution in [0.2, 0.25) is 0 Å². The molecule has 1 amide bonds. The summed E-state index contributed by atoms with van der Waals surface area (Å²) in [5.41, 5.74) is 0.944. The van der Waals surface area contributed by atoms with Gasteiger partial charge in [0.05, 0.1) is 24.3 Å². The van der Waals surface area contributed by atoms with E-state index < -0.39 is 0 Å². The van der Waals surface area contributed by atoms with Gasteiger partial charge in [-0.15, -0.1) is 21.5 Å². The van der Waals surface area contributed by atoms with Crippen molar-refractivity contribution in [2.45, 2.75) is 42.8 Å². The van der Waals surface area contributed by atoms with Crippen molar-refractivity contribution in [2.75, 3.05) is 14.2 Å². The fraction of sp³-hybridized carbons (Fsp3) is 0.381. The summed E-state index contributed by atoms with van der Waals surface area (Å²) in [4.78, 5) is 13.8. The van der Waals surface area contributed by atoms with Crippen molar-refractivity contribution in [3.8, 4) is 22.2 Å². The third-order valence-electron chi connectivity index (χ3n) is 4.88. The second-order valence-electron chi connectivity index (χ2n) is 7.05. The Labute approximate surface area is 183 Å². The number of rotatable bonds is 9. The van der Waals surface area contributed by atoms with E-state index in [0.29, 0.717) is 24.1 Å². The molecular weight excluding hydrogens is 420 g/mol. The highest BCUT2D eigenvalue weighted by molar-refractivity contribution is 8.00. The van der Waals surface area contributed by atoms with Gasteiger partial charge in [0, 0.05) is 12.6 Å². The summed E-state index contributed by atoms with van der Waals surface area (Å²) >= 11 is 3.10. The number of amides is 1. The first-order valence-corrected chi connectivity index (χ1v) is 11.5. The van der Waals surface area contributed by atoms with Crippen LogP contribution in [0.15, 0.2) is 40.9 Å². The van der Waals surface area contributed by atoms with Gasteiger partial charge < -0.3 is 14.8 Å². The summed E-state index contributed by atoms with van der Waals surface area (Å²) < 4.78 is 12.8. The Bertz CT molecular complexity index is 1020. The quantitative estimate of drug-likeness (QED) is 0.500. The van der Waals surface area contributed by atoms with Gasteiger partial charge in [-0.2, -0.15) is 0 Å². The smallest absolute Gasteiger partial charge is 0.233 e. The van der Waals surface area contributed by atoms with Gasteiger partial charge >= 0.3 is 0 Å². The molecule has 1 aliphatic rings. The minimum Gasteiger partial charge on any atom is -0.493 e. The first-order chi connectivity index (χ1) is 14.6. The van der Waals surface area contributed by atoms with E-state index >= 15 is 0 Å². The standard InChI is InChI=1S/C21H24N4O3S2/c1-13(20(26)22-12-14-6-9-16(27-2)17(11-14)28-3)30-21-24-23-19(18-5-4-10-29-18)25(21)15-7-8-15/h4-6,9-11,13,15H,7-8,12H2,1-3H3,(H,22,26). The normalized spacial score (nSPS) is 14.4. The number of aromatic nitrogens is 3. The SMILES string of the molecule is COc1ccc(CNC(=O)C(C)Sc2nnc(-c3cccs3)n2C2CC2)cc1OC. The van der Waals surface area contributed by atoms with Crippen molar-refractivity contribution in [3.63, 3.8) is 0 Å². The number of thiophene rings is 1. The second-order valence-corrected chi connectivity index (χ2v) is 9.31. The van der Waals surface area contributed by atoms with Crippen LogP contribution in [0.5, 0.6) is 11.5 Å². The van der Waals surface area contributed by atoms with Crippen molar-refractivity contribution in [1.82, 2.24) is 20.1 Å². The van der Waals surface area contributed by atoms with Crippen LogP contribution in [-0.4, -0.2) is 40.1 Å². The molecule has 0 spiro atoms. The number of carbonyl (C=O) groups excluding carboxylic acids is 1. The lowest BCUT2D eigenvalue weighted by Crippen LogP contribution is -2.30. The number of ether oxygens (including phenoxy) is 2. The number of nitrogens with one attached hydrogen (secondary N) is 1. The molecule has 9 heteroatoms. The highest BCUT2D eigenvalue weighted by atomic mass is 32.2. The first-order valence-electron chi connectivity index (χ1n) is 9.74. The van der Waals surface area contributed by atoms with E-state index in [9.17, 15) is 4.79 Å². The van der Waals surface area contributed by atoms with Crippen LogP contribution in [-0.2, 0) is 11.3 Å². The lowest BCUT2D eigenvalue weighted by atomic mass is 10.2. The molecule has 0 aliphatic heterocycles. The highest BCUT2D eigenvalue weighted by Gasteiger charge is 2.31. The molecule has 1 atom stereocenters. The van der Waals surface area contributed by atoms with Crippen molar-refractivity contribution >= 4 is 29.0 Å². The number of carbonyl (C=O) groups is 1. The average molecular weight is 445 g/mol. The Hall–Kier alpha value is -2.52. The number of hydrogen-bond donors (Lipinski definition) is 1. The molecule has 0 saturated heterocycles. The third-order valence-corrected chi connectivity index (χ3v) is 6.81. The van der Waals surface area contributed by atoms with Crippen LogP contribution in [0.3, 0.4) is 0 Å². The van der Waals surface area contributed by atoms with Gasteiger partial charge in [-0.3, -0.25) is 9.36 Å². The third kappa shape index (κ3) is 4.46. The molecular formula is C21H24N4O3S2. The Morgan fingerprint density at radius 2 is 2.07 bits per heavy atom. The van der Waals surface area contributed by atoms with E-state index in [1.54, 1.807) is 25.6 Å². The van der Waals surface area contributed by atoms with Gasteiger partial charge in [-0.1, -0.05) is 23.9 Å².